The van der Waals surface area contributed by atoms with Crippen molar-refractivity contribution < 1.29 is 0 Å². The Hall–Kier alpha value is -1.36. The van der Waals surface area contributed by atoms with Gasteiger partial charge in [0.1, 0.15) is 17.5 Å². The molecule has 1 aliphatic rings. The largest absolute Gasteiger partial charge is 0.370 e. The number of hydrogen-bond acceptors (Lipinski definition) is 5. The molecule has 1 saturated carbocycles. The summed E-state index contributed by atoms with van der Waals surface area (Å²) in [5.41, 5.74) is 0.301. The quantitative estimate of drug-likeness (QED) is 0.801. The monoisotopic (exact) mass is 277 g/mol. The minimum atomic E-state index is 0.301. The molecule has 0 radical (unpaired) electrons. The summed E-state index contributed by atoms with van der Waals surface area (Å²) in [5.74, 6) is 2.73. The molecule has 20 heavy (non-hydrogen) atoms. The summed E-state index contributed by atoms with van der Waals surface area (Å²) < 4.78 is 0. The lowest BCUT2D eigenvalue weighted by atomic mass is 9.75. The van der Waals surface area contributed by atoms with Gasteiger partial charge < -0.3 is 15.5 Å². The number of anilines is 2. The summed E-state index contributed by atoms with van der Waals surface area (Å²) in [4.78, 5) is 11.4. The molecule has 2 rings (SSSR count). The van der Waals surface area contributed by atoms with Crippen LogP contribution >= 0.6 is 0 Å². The maximum absolute atomic E-state index is 4.57. The molecule has 1 aromatic heterocycles. The van der Waals surface area contributed by atoms with Crippen LogP contribution in [0.25, 0.3) is 0 Å². The summed E-state index contributed by atoms with van der Waals surface area (Å²) in [7, 11) is 4.34. The van der Waals surface area contributed by atoms with Gasteiger partial charge in [-0.3, -0.25) is 0 Å². The Morgan fingerprint density at radius 1 is 1.15 bits per heavy atom. The van der Waals surface area contributed by atoms with Crippen LogP contribution in [-0.4, -0.2) is 47.6 Å². The van der Waals surface area contributed by atoms with Gasteiger partial charge in [-0.25, -0.2) is 9.97 Å². The average Bonchev–Trinajstić information content (AvgIpc) is 2.37. The van der Waals surface area contributed by atoms with Gasteiger partial charge in [-0.2, -0.15) is 0 Å². The van der Waals surface area contributed by atoms with Gasteiger partial charge in [-0.1, -0.05) is 6.92 Å². The van der Waals surface area contributed by atoms with Crippen LogP contribution in [-0.2, 0) is 6.42 Å². The topological polar surface area (TPSA) is 53.1 Å². The van der Waals surface area contributed by atoms with Crippen molar-refractivity contribution in [2.24, 2.45) is 0 Å². The van der Waals surface area contributed by atoms with E-state index in [1.807, 2.05) is 6.07 Å². The number of likely N-dealkylation sites (N-methyl/N-ethyl adjacent to an activating group) is 1. The van der Waals surface area contributed by atoms with Crippen LogP contribution in [0.1, 0.15) is 38.9 Å². The van der Waals surface area contributed by atoms with E-state index in [1.54, 1.807) is 0 Å². The Balaban J connectivity index is 2.06. The Morgan fingerprint density at radius 2 is 1.80 bits per heavy atom. The second kappa shape index (κ2) is 6.39. The number of hydrogen-bond donors (Lipinski definition) is 2. The van der Waals surface area contributed by atoms with Crippen LogP contribution in [0.4, 0.5) is 11.6 Å². The number of nitrogens with one attached hydrogen (secondary N) is 2. The Bertz CT molecular complexity index is 440. The highest BCUT2D eigenvalue weighted by molar-refractivity contribution is 5.47. The van der Waals surface area contributed by atoms with Crippen molar-refractivity contribution >= 4 is 11.6 Å². The Morgan fingerprint density at radius 3 is 2.25 bits per heavy atom. The molecule has 0 bridgehead atoms. The molecule has 1 aliphatic carbocycles. The number of nitrogens with zero attached hydrogens (tertiary/aromatic N) is 3. The molecule has 1 heterocycles. The SMILES string of the molecule is CCNc1cc(NCC2(N(C)C)CCC2)nc(CC)n1. The van der Waals surface area contributed by atoms with Crippen LogP contribution < -0.4 is 10.6 Å². The fraction of sp³-hybridized carbons (Fsp3) is 0.733. The van der Waals surface area contributed by atoms with Crippen LogP contribution in [0.2, 0.25) is 0 Å². The summed E-state index contributed by atoms with van der Waals surface area (Å²) in [5, 5.41) is 6.78. The van der Waals surface area contributed by atoms with Crippen LogP contribution in [0.15, 0.2) is 6.07 Å². The summed E-state index contributed by atoms with van der Waals surface area (Å²) in [6.45, 7) is 5.99. The lowest BCUT2D eigenvalue weighted by Crippen LogP contribution is -2.54. The summed E-state index contributed by atoms with van der Waals surface area (Å²) >= 11 is 0. The molecule has 0 unspecified atom stereocenters. The highest BCUT2D eigenvalue weighted by Crippen LogP contribution is 2.36. The third kappa shape index (κ3) is 3.20. The maximum Gasteiger partial charge on any atom is 0.132 e. The molecule has 1 fully saturated rings. The molecular weight excluding hydrogens is 250 g/mol. The van der Waals surface area contributed by atoms with Gasteiger partial charge in [0.25, 0.3) is 0 Å². The van der Waals surface area contributed by atoms with E-state index in [1.165, 1.54) is 19.3 Å². The van der Waals surface area contributed by atoms with Gasteiger partial charge in [-0.05, 0) is 40.3 Å². The van der Waals surface area contributed by atoms with E-state index in [9.17, 15) is 0 Å². The van der Waals surface area contributed by atoms with Crippen molar-refractivity contribution in [2.45, 2.75) is 45.1 Å². The zero-order valence-corrected chi connectivity index (χ0v) is 13.2. The zero-order chi connectivity index (χ0) is 14.6. The summed E-state index contributed by atoms with van der Waals surface area (Å²) in [6.07, 6.45) is 4.71. The summed E-state index contributed by atoms with van der Waals surface area (Å²) in [6, 6.07) is 2.00. The van der Waals surface area contributed by atoms with E-state index in [4.69, 9.17) is 0 Å². The maximum atomic E-state index is 4.57. The molecule has 0 atom stereocenters. The second-order valence-corrected chi connectivity index (χ2v) is 5.76. The van der Waals surface area contributed by atoms with Crippen molar-refractivity contribution in [1.29, 1.82) is 0 Å². The lowest BCUT2D eigenvalue weighted by Gasteiger charge is -2.47. The van der Waals surface area contributed by atoms with Crippen molar-refractivity contribution in [1.82, 2.24) is 14.9 Å². The minimum Gasteiger partial charge on any atom is -0.370 e. The predicted molar refractivity (Wildman–Crippen MR) is 84.3 cm³/mol. The zero-order valence-electron chi connectivity index (χ0n) is 13.2. The van der Waals surface area contributed by atoms with Gasteiger partial charge in [0.2, 0.25) is 0 Å². The molecule has 0 aliphatic heterocycles. The van der Waals surface area contributed by atoms with Crippen molar-refractivity contribution in [3.05, 3.63) is 11.9 Å². The number of rotatable bonds is 7. The molecule has 112 valence electrons. The van der Waals surface area contributed by atoms with E-state index >= 15 is 0 Å². The molecule has 0 saturated heterocycles. The minimum absolute atomic E-state index is 0.301. The van der Waals surface area contributed by atoms with Gasteiger partial charge in [0, 0.05) is 31.1 Å². The lowest BCUT2D eigenvalue weighted by molar-refractivity contribution is 0.0738. The second-order valence-electron chi connectivity index (χ2n) is 5.76. The normalized spacial score (nSPS) is 16.9. The van der Waals surface area contributed by atoms with Gasteiger partial charge >= 0.3 is 0 Å². The number of aryl methyl sites for hydroxylation is 1. The smallest absolute Gasteiger partial charge is 0.132 e. The number of aromatic nitrogens is 2. The third-order valence-corrected chi connectivity index (χ3v) is 4.28. The van der Waals surface area contributed by atoms with Crippen LogP contribution in [0.5, 0.6) is 0 Å². The van der Waals surface area contributed by atoms with Crippen molar-refractivity contribution in [3.63, 3.8) is 0 Å². The molecular formula is C15H27N5. The molecule has 5 nitrogen and oxygen atoms in total. The van der Waals surface area contributed by atoms with Gasteiger partial charge in [0.05, 0.1) is 0 Å². The van der Waals surface area contributed by atoms with E-state index < -0.39 is 0 Å². The highest BCUT2D eigenvalue weighted by Gasteiger charge is 2.38. The molecule has 2 N–H and O–H groups in total. The van der Waals surface area contributed by atoms with E-state index in [2.05, 4.69) is 53.4 Å². The molecule has 1 aromatic rings. The van der Waals surface area contributed by atoms with E-state index in [0.717, 1.165) is 37.0 Å². The van der Waals surface area contributed by atoms with E-state index in [0.29, 0.717) is 5.54 Å². The van der Waals surface area contributed by atoms with Crippen LogP contribution in [0, 0.1) is 0 Å². The van der Waals surface area contributed by atoms with Gasteiger partial charge in [0.15, 0.2) is 0 Å². The fourth-order valence-corrected chi connectivity index (χ4v) is 2.64. The molecule has 0 amide bonds. The standard InChI is InChI=1S/C15H27N5/c1-5-12-18-13(16-6-2)10-14(19-12)17-11-15(20(3)4)8-7-9-15/h10H,5-9,11H2,1-4H3,(H2,16,17,18,19). The fourth-order valence-electron chi connectivity index (χ4n) is 2.64. The highest BCUT2D eigenvalue weighted by atomic mass is 15.2. The first-order valence-electron chi connectivity index (χ1n) is 7.63. The van der Waals surface area contributed by atoms with E-state index in [-0.39, 0.29) is 0 Å². The van der Waals surface area contributed by atoms with Crippen molar-refractivity contribution in [2.75, 3.05) is 37.8 Å². The first kappa shape index (κ1) is 15.0. The Kier molecular flexibility index (Phi) is 4.81. The molecule has 0 spiro atoms. The van der Waals surface area contributed by atoms with Crippen molar-refractivity contribution in [3.8, 4) is 0 Å². The molecule has 0 aromatic carbocycles. The first-order chi connectivity index (χ1) is 9.59. The Labute approximate surface area is 122 Å². The predicted octanol–water partition coefficient (Wildman–Crippen LogP) is 2.37. The third-order valence-electron chi connectivity index (χ3n) is 4.28. The molecule has 5 heteroatoms. The van der Waals surface area contributed by atoms with Crippen LogP contribution in [0.3, 0.4) is 0 Å². The van der Waals surface area contributed by atoms with Gasteiger partial charge in [-0.15, -0.1) is 0 Å². The first-order valence-corrected chi connectivity index (χ1v) is 7.63. The average molecular weight is 277 g/mol.